The van der Waals surface area contributed by atoms with E-state index in [2.05, 4.69) is 10.0 Å². The molecule has 0 spiro atoms. The first-order chi connectivity index (χ1) is 12.4. The van der Waals surface area contributed by atoms with Crippen LogP contribution in [0.2, 0.25) is 0 Å². The molecule has 0 radical (unpaired) electrons. The maximum absolute atomic E-state index is 12.6. The molecule has 0 aliphatic heterocycles. The van der Waals surface area contributed by atoms with Gasteiger partial charge in [0.25, 0.3) is 5.91 Å². The van der Waals surface area contributed by atoms with Crippen molar-refractivity contribution in [1.82, 2.24) is 0 Å². The Labute approximate surface area is 153 Å². The minimum atomic E-state index is -3.46. The van der Waals surface area contributed by atoms with E-state index in [0.717, 1.165) is 25.5 Å². The second kappa shape index (κ2) is 7.37. The fraction of sp³-hybridized carbons (Fsp3) is 0.316. The second-order valence-corrected chi connectivity index (χ2v) is 8.18. The summed E-state index contributed by atoms with van der Waals surface area (Å²) < 4.78 is 30.6. The van der Waals surface area contributed by atoms with E-state index < -0.39 is 10.0 Å². The summed E-state index contributed by atoms with van der Waals surface area (Å²) in [5, 5.41) is 2.81. The van der Waals surface area contributed by atoms with Crippen molar-refractivity contribution < 1.29 is 17.9 Å². The van der Waals surface area contributed by atoms with Gasteiger partial charge in [0, 0.05) is 11.3 Å². The number of hydrogen-bond donors (Lipinski definition) is 2. The summed E-state index contributed by atoms with van der Waals surface area (Å²) in [5.41, 5.74) is 3.91. The number of nitrogens with one attached hydrogen (secondary N) is 2. The van der Waals surface area contributed by atoms with E-state index in [4.69, 9.17) is 4.74 Å². The molecule has 0 aromatic heterocycles. The molecule has 1 amide bonds. The number of ether oxygens (including phenoxy) is 1. The summed E-state index contributed by atoms with van der Waals surface area (Å²) in [5.74, 6) is 0.149. The van der Waals surface area contributed by atoms with Gasteiger partial charge in [-0.05, 0) is 67.1 Å². The standard InChI is InChI=1S/C19H22N2O4S/c1-25-18-10-9-16(12-17(18)21-26(2,23)24)20-19(22)15-8-7-13-5-3-4-6-14(13)11-15/h7-12,21H,3-6H2,1-2H3,(H,20,22). The molecule has 2 aromatic carbocycles. The lowest BCUT2D eigenvalue weighted by molar-refractivity contribution is 0.102. The molecule has 2 N–H and O–H groups in total. The summed E-state index contributed by atoms with van der Waals surface area (Å²) >= 11 is 0. The highest BCUT2D eigenvalue weighted by atomic mass is 32.2. The van der Waals surface area contributed by atoms with Crippen molar-refractivity contribution in [2.75, 3.05) is 23.4 Å². The van der Waals surface area contributed by atoms with Crippen LogP contribution in [0.5, 0.6) is 5.75 Å². The summed E-state index contributed by atoms with van der Waals surface area (Å²) in [6.45, 7) is 0. The maximum Gasteiger partial charge on any atom is 0.255 e. The zero-order valence-corrected chi connectivity index (χ0v) is 15.7. The Morgan fingerprint density at radius 3 is 2.46 bits per heavy atom. The van der Waals surface area contributed by atoms with E-state index in [1.807, 2.05) is 18.2 Å². The van der Waals surface area contributed by atoms with Crippen molar-refractivity contribution in [3.63, 3.8) is 0 Å². The quantitative estimate of drug-likeness (QED) is 0.842. The highest BCUT2D eigenvalue weighted by molar-refractivity contribution is 7.92. The molecule has 1 aliphatic rings. The number of anilines is 2. The number of benzene rings is 2. The van der Waals surface area contributed by atoms with Crippen LogP contribution in [0.25, 0.3) is 0 Å². The van der Waals surface area contributed by atoms with Crippen LogP contribution >= 0.6 is 0 Å². The van der Waals surface area contributed by atoms with Gasteiger partial charge in [0.1, 0.15) is 5.75 Å². The molecular formula is C19H22N2O4S. The van der Waals surface area contributed by atoms with Crippen LogP contribution in [0, 0.1) is 0 Å². The first-order valence-corrected chi connectivity index (χ1v) is 10.3. The van der Waals surface area contributed by atoms with Crippen LogP contribution in [0.1, 0.15) is 34.3 Å². The number of sulfonamides is 1. The van der Waals surface area contributed by atoms with Gasteiger partial charge in [0.15, 0.2) is 0 Å². The highest BCUT2D eigenvalue weighted by Crippen LogP contribution is 2.29. The zero-order chi connectivity index (χ0) is 18.7. The molecule has 6 nitrogen and oxygen atoms in total. The van der Waals surface area contributed by atoms with Crippen molar-refractivity contribution in [2.45, 2.75) is 25.7 Å². The van der Waals surface area contributed by atoms with Gasteiger partial charge in [-0.25, -0.2) is 8.42 Å². The van der Waals surface area contributed by atoms with Gasteiger partial charge in [0.2, 0.25) is 10.0 Å². The number of carbonyl (C=O) groups is 1. The summed E-state index contributed by atoms with van der Waals surface area (Å²) in [7, 11) is -2.01. The van der Waals surface area contributed by atoms with Gasteiger partial charge in [-0.2, -0.15) is 0 Å². The molecule has 0 heterocycles. The lowest BCUT2D eigenvalue weighted by atomic mass is 9.90. The van der Waals surface area contributed by atoms with Gasteiger partial charge in [-0.1, -0.05) is 6.07 Å². The van der Waals surface area contributed by atoms with Crippen LogP contribution < -0.4 is 14.8 Å². The molecule has 0 saturated heterocycles. The molecule has 0 fully saturated rings. The van der Waals surface area contributed by atoms with Crippen LogP contribution in [-0.2, 0) is 22.9 Å². The second-order valence-electron chi connectivity index (χ2n) is 6.43. The van der Waals surface area contributed by atoms with Crippen molar-refractivity contribution in [3.8, 4) is 5.75 Å². The number of methoxy groups -OCH3 is 1. The third-order valence-electron chi connectivity index (χ3n) is 4.36. The lowest BCUT2D eigenvalue weighted by Gasteiger charge is -2.16. The monoisotopic (exact) mass is 374 g/mol. The predicted molar refractivity (Wildman–Crippen MR) is 102 cm³/mol. The van der Waals surface area contributed by atoms with Crippen molar-refractivity contribution in [2.24, 2.45) is 0 Å². The fourth-order valence-corrected chi connectivity index (χ4v) is 3.70. The Kier molecular flexibility index (Phi) is 5.18. The SMILES string of the molecule is COc1ccc(NC(=O)c2ccc3c(c2)CCCC3)cc1NS(C)(=O)=O. The average molecular weight is 374 g/mol. The Bertz CT molecular complexity index is 939. The topological polar surface area (TPSA) is 84.5 Å². The Morgan fingerprint density at radius 1 is 1.04 bits per heavy atom. The minimum Gasteiger partial charge on any atom is -0.495 e. The largest absolute Gasteiger partial charge is 0.495 e. The van der Waals surface area contributed by atoms with Crippen LogP contribution in [-0.4, -0.2) is 27.7 Å². The summed E-state index contributed by atoms with van der Waals surface area (Å²) in [4.78, 5) is 12.6. The summed E-state index contributed by atoms with van der Waals surface area (Å²) in [6.07, 6.45) is 5.47. The van der Waals surface area contributed by atoms with Crippen molar-refractivity contribution >= 4 is 27.3 Å². The first kappa shape index (κ1) is 18.3. The van der Waals surface area contributed by atoms with Crippen molar-refractivity contribution in [3.05, 3.63) is 53.1 Å². The number of fused-ring (bicyclic) bond motifs is 1. The number of rotatable bonds is 5. The fourth-order valence-electron chi connectivity index (χ4n) is 3.14. The Hall–Kier alpha value is -2.54. The molecule has 0 atom stereocenters. The third kappa shape index (κ3) is 4.35. The number of carbonyl (C=O) groups excluding carboxylic acids is 1. The van der Waals surface area contributed by atoms with Crippen LogP contribution in [0.3, 0.4) is 0 Å². The Morgan fingerprint density at radius 2 is 1.77 bits per heavy atom. The third-order valence-corrected chi connectivity index (χ3v) is 4.95. The minimum absolute atomic E-state index is 0.228. The van der Waals surface area contributed by atoms with Gasteiger partial charge < -0.3 is 10.1 Å². The van der Waals surface area contributed by atoms with Gasteiger partial charge in [-0.3, -0.25) is 9.52 Å². The van der Waals surface area contributed by atoms with Gasteiger partial charge >= 0.3 is 0 Å². The van der Waals surface area contributed by atoms with Gasteiger partial charge in [0.05, 0.1) is 19.1 Å². The first-order valence-electron chi connectivity index (χ1n) is 8.45. The van der Waals surface area contributed by atoms with E-state index >= 15 is 0 Å². The molecule has 26 heavy (non-hydrogen) atoms. The van der Waals surface area contributed by atoms with E-state index in [1.165, 1.54) is 30.7 Å². The molecule has 0 unspecified atom stereocenters. The normalized spacial score (nSPS) is 13.6. The van der Waals surface area contributed by atoms with Crippen LogP contribution in [0.15, 0.2) is 36.4 Å². The smallest absolute Gasteiger partial charge is 0.255 e. The highest BCUT2D eigenvalue weighted by Gasteiger charge is 2.14. The summed E-state index contributed by atoms with van der Waals surface area (Å²) in [6, 6.07) is 10.6. The molecule has 7 heteroatoms. The van der Waals surface area contributed by atoms with E-state index in [0.29, 0.717) is 17.0 Å². The molecule has 138 valence electrons. The zero-order valence-electron chi connectivity index (χ0n) is 14.8. The average Bonchev–Trinajstić information content (AvgIpc) is 2.60. The number of aryl methyl sites for hydroxylation is 2. The Balaban J connectivity index is 1.82. The van der Waals surface area contributed by atoms with E-state index in [1.54, 1.807) is 12.1 Å². The predicted octanol–water partition coefficient (Wildman–Crippen LogP) is 3.20. The molecule has 0 saturated carbocycles. The molecule has 3 rings (SSSR count). The number of amides is 1. The van der Waals surface area contributed by atoms with E-state index in [9.17, 15) is 13.2 Å². The molecule has 0 bridgehead atoms. The number of hydrogen-bond acceptors (Lipinski definition) is 4. The van der Waals surface area contributed by atoms with Crippen LogP contribution in [0.4, 0.5) is 11.4 Å². The van der Waals surface area contributed by atoms with Gasteiger partial charge in [-0.15, -0.1) is 0 Å². The van der Waals surface area contributed by atoms with E-state index in [-0.39, 0.29) is 11.6 Å². The molecule has 2 aromatic rings. The lowest BCUT2D eigenvalue weighted by Crippen LogP contribution is -2.15. The molecule has 1 aliphatic carbocycles. The molecular weight excluding hydrogens is 352 g/mol. The van der Waals surface area contributed by atoms with Crippen molar-refractivity contribution in [1.29, 1.82) is 0 Å². The maximum atomic E-state index is 12.6.